The summed E-state index contributed by atoms with van der Waals surface area (Å²) in [6.07, 6.45) is 0. The van der Waals surface area contributed by atoms with Crippen molar-refractivity contribution in [2.45, 2.75) is 6.54 Å². The van der Waals surface area contributed by atoms with E-state index < -0.39 is 0 Å². The molecule has 1 aromatic heterocycles. The van der Waals surface area contributed by atoms with Gasteiger partial charge in [0.1, 0.15) is 0 Å². The third-order valence-electron chi connectivity index (χ3n) is 2.16. The van der Waals surface area contributed by atoms with Gasteiger partial charge >= 0.3 is 0 Å². The molecular weight excluding hydrogens is 261 g/mol. The monoisotopic (exact) mass is 272 g/mol. The molecule has 0 saturated carbocycles. The van der Waals surface area contributed by atoms with Gasteiger partial charge in [-0.1, -0.05) is 34.4 Å². The summed E-state index contributed by atoms with van der Waals surface area (Å²) < 4.78 is 5.14. The van der Waals surface area contributed by atoms with Crippen molar-refractivity contribution in [2.75, 3.05) is 14.1 Å². The van der Waals surface area contributed by atoms with E-state index in [0.717, 1.165) is 0 Å². The van der Waals surface area contributed by atoms with Gasteiger partial charge in [-0.25, -0.2) is 0 Å². The number of nitrogens with one attached hydrogen (secondary N) is 1. The summed E-state index contributed by atoms with van der Waals surface area (Å²) in [5, 5.41) is 4.92. The number of halogens is 2. The Balaban J connectivity index is 2.37. The molecule has 1 heterocycles. The fourth-order valence-corrected chi connectivity index (χ4v) is 2.01. The SMILES string of the molecule is C[NH+](C)Cc1nc(-c2c(Cl)cccc2Cl)no1. The summed E-state index contributed by atoms with van der Waals surface area (Å²) in [6.45, 7) is 0.662. The third kappa shape index (κ3) is 2.77. The molecule has 90 valence electrons. The summed E-state index contributed by atoms with van der Waals surface area (Å²) in [4.78, 5) is 5.47. The number of hydrogen-bond acceptors (Lipinski definition) is 3. The van der Waals surface area contributed by atoms with Crippen LogP contribution >= 0.6 is 23.2 Å². The first-order valence-electron chi connectivity index (χ1n) is 5.14. The zero-order valence-electron chi connectivity index (χ0n) is 9.50. The second-order valence-electron chi connectivity index (χ2n) is 3.99. The molecule has 4 nitrogen and oxygen atoms in total. The maximum absolute atomic E-state index is 6.07. The Morgan fingerprint density at radius 3 is 2.47 bits per heavy atom. The van der Waals surface area contributed by atoms with Gasteiger partial charge in [0.25, 0.3) is 5.89 Å². The highest BCUT2D eigenvalue weighted by Gasteiger charge is 2.16. The normalized spacial score (nSPS) is 11.1. The van der Waals surface area contributed by atoms with Crippen molar-refractivity contribution < 1.29 is 9.42 Å². The minimum absolute atomic E-state index is 0.428. The van der Waals surface area contributed by atoms with Crippen molar-refractivity contribution in [3.63, 3.8) is 0 Å². The molecule has 2 rings (SSSR count). The molecule has 0 fully saturated rings. The molecule has 0 unspecified atom stereocenters. The second kappa shape index (κ2) is 5.04. The number of nitrogens with zero attached hydrogens (tertiary/aromatic N) is 2. The van der Waals surface area contributed by atoms with Crippen LogP contribution in [0.1, 0.15) is 5.89 Å². The van der Waals surface area contributed by atoms with Crippen LogP contribution < -0.4 is 4.90 Å². The highest BCUT2D eigenvalue weighted by molar-refractivity contribution is 6.38. The van der Waals surface area contributed by atoms with Gasteiger partial charge in [0, 0.05) is 0 Å². The molecule has 17 heavy (non-hydrogen) atoms. The van der Waals surface area contributed by atoms with Gasteiger partial charge in [-0.2, -0.15) is 4.98 Å². The fraction of sp³-hybridized carbons (Fsp3) is 0.273. The maximum Gasteiger partial charge on any atom is 0.282 e. The van der Waals surface area contributed by atoms with Gasteiger partial charge in [0.2, 0.25) is 5.82 Å². The van der Waals surface area contributed by atoms with Crippen molar-refractivity contribution >= 4 is 23.2 Å². The summed E-state index contributed by atoms with van der Waals surface area (Å²) in [6, 6.07) is 5.27. The Labute approximate surface area is 109 Å². The van der Waals surface area contributed by atoms with Gasteiger partial charge in [0.15, 0.2) is 6.54 Å². The van der Waals surface area contributed by atoms with Crippen LogP contribution in [0.5, 0.6) is 0 Å². The van der Waals surface area contributed by atoms with E-state index in [1.807, 2.05) is 14.1 Å². The van der Waals surface area contributed by atoms with Crippen LogP contribution in [0.2, 0.25) is 10.0 Å². The van der Waals surface area contributed by atoms with E-state index in [4.69, 9.17) is 27.7 Å². The quantitative estimate of drug-likeness (QED) is 0.925. The Kier molecular flexibility index (Phi) is 3.66. The van der Waals surface area contributed by atoms with Crippen molar-refractivity contribution in [3.8, 4) is 11.4 Å². The molecule has 0 atom stereocenters. The fourth-order valence-electron chi connectivity index (χ4n) is 1.44. The number of rotatable bonds is 3. The van der Waals surface area contributed by atoms with Crippen molar-refractivity contribution in [1.82, 2.24) is 10.1 Å². The molecule has 0 radical (unpaired) electrons. The molecular formula is C11H12Cl2N3O+. The maximum atomic E-state index is 6.07. The molecule has 0 bridgehead atoms. The highest BCUT2D eigenvalue weighted by Crippen LogP contribution is 2.32. The molecule has 0 saturated heterocycles. The number of aromatic nitrogens is 2. The summed E-state index contributed by atoms with van der Waals surface area (Å²) >= 11 is 12.1. The summed E-state index contributed by atoms with van der Waals surface area (Å²) in [5.74, 6) is 0.993. The van der Waals surface area contributed by atoms with E-state index in [9.17, 15) is 0 Å². The smallest absolute Gasteiger partial charge is 0.282 e. The van der Waals surface area contributed by atoms with E-state index in [-0.39, 0.29) is 0 Å². The van der Waals surface area contributed by atoms with Crippen molar-refractivity contribution in [1.29, 1.82) is 0 Å². The Hall–Kier alpha value is -1.10. The topological polar surface area (TPSA) is 43.4 Å². The molecule has 2 aromatic rings. The lowest BCUT2D eigenvalue weighted by Crippen LogP contribution is -3.04. The Morgan fingerprint density at radius 2 is 1.88 bits per heavy atom. The third-order valence-corrected chi connectivity index (χ3v) is 2.79. The molecule has 0 aliphatic rings. The van der Waals surface area contributed by atoms with Crippen LogP contribution in [-0.4, -0.2) is 24.2 Å². The number of hydrogen-bond donors (Lipinski definition) is 1. The van der Waals surface area contributed by atoms with Gasteiger partial charge in [0.05, 0.1) is 29.7 Å². The van der Waals surface area contributed by atoms with Crippen LogP contribution in [-0.2, 0) is 6.54 Å². The van der Waals surface area contributed by atoms with Crippen LogP contribution in [0, 0.1) is 0 Å². The van der Waals surface area contributed by atoms with Gasteiger partial charge in [-0.3, -0.25) is 0 Å². The van der Waals surface area contributed by atoms with Crippen molar-refractivity contribution in [3.05, 3.63) is 34.1 Å². The summed E-state index contributed by atoms with van der Waals surface area (Å²) in [5.41, 5.74) is 0.611. The lowest BCUT2D eigenvalue weighted by atomic mass is 10.2. The lowest BCUT2D eigenvalue weighted by molar-refractivity contribution is -0.874. The molecule has 6 heteroatoms. The first kappa shape index (κ1) is 12.4. The number of benzene rings is 1. The van der Waals surface area contributed by atoms with Gasteiger partial charge < -0.3 is 9.42 Å². The van der Waals surface area contributed by atoms with E-state index in [0.29, 0.717) is 33.9 Å². The molecule has 1 N–H and O–H groups in total. The predicted octanol–water partition coefficient (Wildman–Crippen LogP) is 1.69. The standard InChI is InChI=1S/C11H11Cl2N3O/c1-16(2)6-9-14-11(15-17-9)10-7(12)4-3-5-8(10)13/h3-5H,6H2,1-2H3/p+1. The van der Waals surface area contributed by atoms with Crippen LogP contribution in [0.25, 0.3) is 11.4 Å². The molecule has 0 aliphatic heterocycles. The average molecular weight is 273 g/mol. The van der Waals surface area contributed by atoms with Gasteiger partial charge in [-0.15, -0.1) is 0 Å². The second-order valence-corrected chi connectivity index (χ2v) is 4.81. The lowest BCUT2D eigenvalue weighted by Gasteiger charge is -2.01. The number of quaternary nitrogens is 1. The minimum atomic E-state index is 0.428. The first-order chi connectivity index (χ1) is 8.08. The molecule has 0 amide bonds. The molecule has 0 aliphatic carbocycles. The first-order valence-corrected chi connectivity index (χ1v) is 5.89. The zero-order valence-corrected chi connectivity index (χ0v) is 11.0. The van der Waals surface area contributed by atoms with E-state index in [1.165, 1.54) is 4.90 Å². The zero-order chi connectivity index (χ0) is 12.4. The van der Waals surface area contributed by atoms with E-state index in [1.54, 1.807) is 18.2 Å². The van der Waals surface area contributed by atoms with Gasteiger partial charge in [-0.05, 0) is 12.1 Å². The van der Waals surface area contributed by atoms with Crippen LogP contribution in [0.15, 0.2) is 22.7 Å². The van der Waals surface area contributed by atoms with Crippen LogP contribution in [0.3, 0.4) is 0 Å². The highest BCUT2D eigenvalue weighted by atomic mass is 35.5. The molecule has 0 spiro atoms. The average Bonchev–Trinajstić information content (AvgIpc) is 2.65. The Morgan fingerprint density at radius 1 is 1.24 bits per heavy atom. The minimum Gasteiger partial charge on any atom is -0.333 e. The largest absolute Gasteiger partial charge is 0.333 e. The van der Waals surface area contributed by atoms with E-state index in [2.05, 4.69) is 10.1 Å². The summed E-state index contributed by atoms with van der Waals surface area (Å²) in [7, 11) is 4.01. The Bertz CT molecular complexity index is 505. The van der Waals surface area contributed by atoms with Crippen LogP contribution in [0.4, 0.5) is 0 Å². The van der Waals surface area contributed by atoms with Crippen molar-refractivity contribution in [2.24, 2.45) is 0 Å². The predicted molar refractivity (Wildman–Crippen MR) is 66.3 cm³/mol. The molecule has 1 aromatic carbocycles. The van der Waals surface area contributed by atoms with E-state index >= 15 is 0 Å².